The van der Waals surface area contributed by atoms with Crippen molar-refractivity contribution in [1.29, 1.82) is 0 Å². The maximum absolute atomic E-state index is 5.43. The third-order valence-corrected chi connectivity index (χ3v) is 4.46. The van der Waals surface area contributed by atoms with Crippen LogP contribution >= 0.6 is 12.2 Å². The van der Waals surface area contributed by atoms with E-state index in [1.165, 1.54) is 0 Å². The molecular weight excluding hydrogens is 360 g/mol. The Balaban J connectivity index is 1.41. The number of nitrogens with one attached hydrogen (secondary N) is 2. The number of ether oxygens (including phenoxy) is 2. The summed E-state index contributed by atoms with van der Waals surface area (Å²) in [7, 11) is 0. The molecule has 27 heavy (non-hydrogen) atoms. The molecule has 4 rings (SSSR count). The van der Waals surface area contributed by atoms with Gasteiger partial charge in [0.1, 0.15) is 0 Å². The van der Waals surface area contributed by atoms with Gasteiger partial charge >= 0.3 is 0 Å². The van der Waals surface area contributed by atoms with E-state index in [4.69, 9.17) is 21.7 Å². The minimum absolute atomic E-state index is 0.253. The number of fused-ring (bicyclic) bond motifs is 1. The number of aromatic nitrogens is 2. The van der Waals surface area contributed by atoms with Crippen LogP contribution in [0.5, 0.6) is 11.5 Å². The Bertz CT molecular complexity index is 999. The van der Waals surface area contributed by atoms with Gasteiger partial charge in [0.15, 0.2) is 16.6 Å². The molecule has 2 aromatic carbocycles. The summed E-state index contributed by atoms with van der Waals surface area (Å²) >= 11 is 5.43. The molecule has 0 radical (unpaired) electrons. The standard InChI is InChI=1S/C20H20N4O2S/c1-13-8-14(2)24(23-13)11-15-4-3-5-16(9-15)21-20(27)22-17-6-7-18-19(10-17)26-12-25-18/h3-10H,11-12H2,1-2H3,(H2,21,22,27). The van der Waals surface area contributed by atoms with Gasteiger partial charge in [0.2, 0.25) is 6.79 Å². The van der Waals surface area contributed by atoms with E-state index < -0.39 is 0 Å². The van der Waals surface area contributed by atoms with Gasteiger partial charge in [-0.3, -0.25) is 4.68 Å². The van der Waals surface area contributed by atoms with Crippen molar-refractivity contribution >= 4 is 28.7 Å². The second-order valence-corrected chi connectivity index (χ2v) is 6.84. The average molecular weight is 380 g/mol. The second-order valence-electron chi connectivity index (χ2n) is 6.43. The number of aryl methyl sites for hydroxylation is 2. The number of rotatable bonds is 4. The Hall–Kier alpha value is -3.06. The van der Waals surface area contributed by atoms with E-state index in [1.807, 2.05) is 41.9 Å². The lowest BCUT2D eigenvalue weighted by Gasteiger charge is -2.12. The summed E-state index contributed by atoms with van der Waals surface area (Å²) in [5.74, 6) is 1.46. The van der Waals surface area contributed by atoms with Crippen molar-refractivity contribution in [1.82, 2.24) is 9.78 Å². The zero-order chi connectivity index (χ0) is 18.8. The lowest BCUT2D eigenvalue weighted by Crippen LogP contribution is -2.19. The topological polar surface area (TPSA) is 60.3 Å². The normalized spacial score (nSPS) is 12.1. The molecule has 6 nitrogen and oxygen atoms in total. The van der Waals surface area contributed by atoms with Gasteiger partial charge in [-0.1, -0.05) is 12.1 Å². The van der Waals surface area contributed by atoms with Crippen LogP contribution in [-0.2, 0) is 6.54 Å². The molecule has 0 unspecified atom stereocenters. The molecule has 1 aliphatic rings. The first-order valence-electron chi connectivity index (χ1n) is 8.64. The van der Waals surface area contributed by atoms with Gasteiger partial charge in [0, 0.05) is 23.1 Å². The number of anilines is 2. The monoisotopic (exact) mass is 380 g/mol. The summed E-state index contributed by atoms with van der Waals surface area (Å²) in [6.45, 7) is 5.04. The molecule has 0 saturated carbocycles. The van der Waals surface area contributed by atoms with Gasteiger partial charge in [-0.2, -0.15) is 5.10 Å². The Kier molecular flexibility index (Phi) is 4.68. The molecule has 7 heteroatoms. The van der Waals surface area contributed by atoms with Crippen LogP contribution in [0.4, 0.5) is 11.4 Å². The molecule has 2 N–H and O–H groups in total. The predicted molar refractivity (Wildman–Crippen MR) is 110 cm³/mol. The first-order chi connectivity index (χ1) is 13.1. The largest absolute Gasteiger partial charge is 0.454 e. The molecule has 138 valence electrons. The fraction of sp³-hybridized carbons (Fsp3) is 0.200. The quantitative estimate of drug-likeness (QED) is 0.665. The predicted octanol–water partition coefficient (Wildman–Crippen LogP) is 4.09. The summed E-state index contributed by atoms with van der Waals surface area (Å²) in [6.07, 6.45) is 0. The van der Waals surface area contributed by atoms with Gasteiger partial charge < -0.3 is 20.1 Å². The van der Waals surface area contributed by atoms with Crippen molar-refractivity contribution in [2.45, 2.75) is 20.4 Å². The van der Waals surface area contributed by atoms with Crippen LogP contribution in [0.25, 0.3) is 0 Å². The second kappa shape index (κ2) is 7.28. The molecule has 2 heterocycles. The third kappa shape index (κ3) is 4.03. The average Bonchev–Trinajstić information content (AvgIpc) is 3.20. The Morgan fingerprint density at radius 2 is 1.81 bits per heavy atom. The van der Waals surface area contributed by atoms with Gasteiger partial charge in [0.25, 0.3) is 0 Å². The number of benzene rings is 2. The summed E-state index contributed by atoms with van der Waals surface area (Å²) in [4.78, 5) is 0. The van der Waals surface area contributed by atoms with Crippen molar-refractivity contribution in [3.63, 3.8) is 0 Å². The molecule has 0 amide bonds. The number of hydrogen-bond acceptors (Lipinski definition) is 4. The first-order valence-corrected chi connectivity index (χ1v) is 9.05. The Labute approximate surface area is 163 Å². The van der Waals surface area contributed by atoms with Crippen molar-refractivity contribution in [3.8, 4) is 11.5 Å². The maximum atomic E-state index is 5.43. The van der Waals surface area contributed by atoms with Gasteiger partial charge in [-0.15, -0.1) is 0 Å². The molecule has 0 spiro atoms. The van der Waals surface area contributed by atoms with Crippen LogP contribution in [0.2, 0.25) is 0 Å². The first kappa shape index (κ1) is 17.4. The highest BCUT2D eigenvalue weighted by Crippen LogP contribution is 2.34. The highest BCUT2D eigenvalue weighted by atomic mass is 32.1. The van der Waals surface area contributed by atoms with Crippen molar-refractivity contribution < 1.29 is 9.47 Å². The zero-order valence-electron chi connectivity index (χ0n) is 15.2. The van der Waals surface area contributed by atoms with Crippen LogP contribution in [0, 0.1) is 13.8 Å². The molecule has 3 aromatic rings. The zero-order valence-corrected chi connectivity index (χ0v) is 16.0. The highest BCUT2D eigenvalue weighted by molar-refractivity contribution is 7.80. The van der Waals surface area contributed by atoms with Crippen molar-refractivity contribution in [3.05, 3.63) is 65.5 Å². The van der Waals surface area contributed by atoms with Gasteiger partial charge in [-0.25, -0.2) is 0 Å². The molecule has 0 bridgehead atoms. The third-order valence-electron chi connectivity index (χ3n) is 4.25. The molecule has 0 atom stereocenters. The van der Waals surface area contributed by atoms with Crippen LogP contribution in [-0.4, -0.2) is 21.7 Å². The van der Waals surface area contributed by atoms with E-state index in [0.717, 1.165) is 46.4 Å². The fourth-order valence-electron chi connectivity index (χ4n) is 3.02. The molecule has 0 aliphatic carbocycles. The minimum Gasteiger partial charge on any atom is -0.454 e. The van der Waals surface area contributed by atoms with E-state index in [-0.39, 0.29) is 6.79 Å². The summed E-state index contributed by atoms with van der Waals surface area (Å²) < 4.78 is 12.7. The summed E-state index contributed by atoms with van der Waals surface area (Å²) in [5.41, 5.74) is 5.08. The lowest BCUT2D eigenvalue weighted by molar-refractivity contribution is 0.174. The summed E-state index contributed by atoms with van der Waals surface area (Å²) in [6, 6.07) is 15.9. The Morgan fingerprint density at radius 1 is 1.04 bits per heavy atom. The number of nitrogens with zero attached hydrogens (tertiary/aromatic N) is 2. The van der Waals surface area contributed by atoms with Gasteiger partial charge in [0.05, 0.1) is 12.2 Å². The van der Waals surface area contributed by atoms with Crippen LogP contribution < -0.4 is 20.1 Å². The van der Waals surface area contributed by atoms with E-state index in [2.05, 4.69) is 40.9 Å². The fourth-order valence-corrected chi connectivity index (χ4v) is 3.26. The van der Waals surface area contributed by atoms with E-state index in [0.29, 0.717) is 5.11 Å². The van der Waals surface area contributed by atoms with Crippen LogP contribution in [0.15, 0.2) is 48.5 Å². The van der Waals surface area contributed by atoms with Crippen LogP contribution in [0.1, 0.15) is 17.0 Å². The summed E-state index contributed by atoms with van der Waals surface area (Å²) in [5, 5.41) is 11.4. The van der Waals surface area contributed by atoms with E-state index >= 15 is 0 Å². The van der Waals surface area contributed by atoms with Crippen LogP contribution in [0.3, 0.4) is 0 Å². The maximum Gasteiger partial charge on any atom is 0.231 e. The molecule has 0 fully saturated rings. The van der Waals surface area contributed by atoms with E-state index in [1.54, 1.807) is 0 Å². The van der Waals surface area contributed by atoms with Crippen molar-refractivity contribution in [2.75, 3.05) is 17.4 Å². The molecule has 0 saturated heterocycles. The van der Waals surface area contributed by atoms with Gasteiger partial charge in [-0.05, 0) is 62.0 Å². The smallest absolute Gasteiger partial charge is 0.231 e. The molecular formula is C20H20N4O2S. The molecule has 1 aliphatic heterocycles. The minimum atomic E-state index is 0.253. The highest BCUT2D eigenvalue weighted by Gasteiger charge is 2.13. The number of hydrogen-bond donors (Lipinski definition) is 2. The lowest BCUT2D eigenvalue weighted by atomic mass is 10.2. The molecule has 1 aromatic heterocycles. The number of thiocarbonyl (C=S) groups is 1. The Morgan fingerprint density at radius 3 is 2.59 bits per heavy atom. The van der Waals surface area contributed by atoms with Crippen molar-refractivity contribution in [2.24, 2.45) is 0 Å². The van der Waals surface area contributed by atoms with E-state index in [9.17, 15) is 0 Å². The SMILES string of the molecule is Cc1cc(C)n(Cc2cccc(NC(=S)Nc3ccc4c(c3)OCO4)c2)n1.